The van der Waals surface area contributed by atoms with E-state index in [2.05, 4.69) is 20.9 Å². The Morgan fingerprint density at radius 2 is 2.31 bits per heavy atom. The first-order valence-electron chi connectivity index (χ1n) is 3.35. The van der Waals surface area contributed by atoms with Gasteiger partial charge in [-0.3, -0.25) is 10.1 Å². The van der Waals surface area contributed by atoms with Crippen molar-refractivity contribution in [3.63, 3.8) is 0 Å². The molecule has 0 unspecified atom stereocenters. The molecule has 2 rings (SSSR count). The molecular formula is C7H3BrN2O2S. The summed E-state index contributed by atoms with van der Waals surface area (Å²) in [4.78, 5) is 14.1. The molecule has 13 heavy (non-hydrogen) atoms. The Balaban J connectivity index is 2.76. The van der Waals surface area contributed by atoms with Crippen molar-refractivity contribution in [3.05, 3.63) is 32.2 Å². The van der Waals surface area contributed by atoms with Crippen molar-refractivity contribution in [2.75, 3.05) is 0 Å². The molecule has 0 aliphatic rings. The van der Waals surface area contributed by atoms with Crippen molar-refractivity contribution in [2.24, 2.45) is 0 Å². The molecule has 1 aromatic heterocycles. The largest absolute Gasteiger partial charge is 0.285 e. The molecular weight excluding hydrogens is 256 g/mol. The van der Waals surface area contributed by atoms with E-state index in [0.717, 1.165) is 4.70 Å². The lowest BCUT2D eigenvalue weighted by molar-refractivity contribution is -0.385. The minimum absolute atomic E-state index is 0.0541. The number of hydrogen-bond acceptors (Lipinski definition) is 4. The number of nitro benzene ring substituents is 1. The third kappa shape index (κ3) is 1.42. The summed E-state index contributed by atoms with van der Waals surface area (Å²) < 4.78 is 1.44. The topological polar surface area (TPSA) is 56.0 Å². The van der Waals surface area contributed by atoms with Gasteiger partial charge in [-0.05, 0) is 22.0 Å². The van der Waals surface area contributed by atoms with E-state index in [4.69, 9.17) is 0 Å². The summed E-state index contributed by atoms with van der Waals surface area (Å²) in [6.07, 6.45) is 0. The molecule has 0 bridgehead atoms. The number of halogens is 1. The van der Waals surface area contributed by atoms with Gasteiger partial charge in [-0.1, -0.05) is 0 Å². The van der Waals surface area contributed by atoms with Gasteiger partial charge < -0.3 is 0 Å². The lowest BCUT2D eigenvalue weighted by atomic mass is 10.3. The Bertz CT molecular complexity index is 482. The van der Waals surface area contributed by atoms with Gasteiger partial charge in [-0.15, -0.1) is 11.3 Å². The van der Waals surface area contributed by atoms with Crippen LogP contribution in [0.4, 0.5) is 5.69 Å². The molecule has 0 atom stereocenters. The van der Waals surface area contributed by atoms with Gasteiger partial charge in [0.1, 0.15) is 0 Å². The molecule has 2 aromatic rings. The second kappa shape index (κ2) is 3.04. The number of thiazole rings is 1. The highest BCUT2D eigenvalue weighted by atomic mass is 79.9. The number of aromatic nitrogens is 1. The van der Waals surface area contributed by atoms with Gasteiger partial charge in [0, 0.05) is 6.07 Å². The highest BCUT2D eigenvalue weighted by Crippen LogP contribution is 2.31. The van der Waals surface area contributed by atoms with Crippen LogP contribution in [0.5, 0.6) is 0 Å². The molecule has 0 radical (unpaired) electrons. The molecule has 0 aliphatic carbocycles. The van der Waals surface area contributed by atoms with Crippen LogP contribution in [0.25, 0.3) is 10.2 Å². The Hall–Kier alpha value is -1.01. The van der Waals surface area contributed by atoms with Gasteiger partial charge in [0.05, 0.1) is 25.1 Å². The molecule has 0 saturated carbocycles. The average Bonchev–Trinajstić information content (AvgIpc) is 2.48. The average molecular weight is 259 g/mol. The van der Waals surface area contributed by atoms with Gasteiger partial charge in [-0.25, -0.2) is 4.98 Å². The number of hydrogen-bond donors (Lipinski definition) is 0. The normalized spacial score (nSPS) is 10.5. The first-order chi connectivity index (χ1) is 6.18. The third-order valence-electron chi connectivity index (χ3n) is 1.60. The molecule has 0 aliphatic heterocycles. The Kier molecular flexibility index (Phi) is 2.01. The monoisotopic (exact) mass is 258 g/mol. The molecule has 6 heteroatoms. The number of nitro groups is 1. The van der Waals surface area contributed by atoms with Crippen molar-refractivity contribution in [1.82, 2.24) is 4.98 Å². The first-order valence-corrected chi connectivity index (χ1v) is 5.03. The molecule has 1 aromatic carbocycles. The van der Waals surface area contributed by atoms with Crippen LogP contribution >= 0.6 is 27.3 Å². The van der Waals surface area contributed by atoms with Gasteiger partial charge in [-0.2, -0.15) is 0 Å². The van der Waals surface area contributed by atoms with Crippen LogP contribution in [0.15, 0.2) is 22.1 Å². The van der Waals surface area contributed by atoms with Gasteiger partial charge >= 0.3 is 0 Å². The molecule has 0 spiro atoms. The lowest BCUT2D eigenvalue weighted by Crippen LogP contribution is -1.88. The van der Waals surface area contributed by atoms with E-state index in [-0.39, 0.29) is 5.69 Å². The predicted molar refractivity (Wildman–Crippen MR) is 54.0 cm³/mol. The van der Waals surface area contributed by atoms with Crippen molar-refractivity contribution in [1.29, 1.82) is 0 Å². The zero-order chi connectivity index (χ0) is 9.42. The van der Waals surface area contributed by atoms with E-state index in [9.17, 15) is 10.1 Å². The summed E-state index contributed by atoms with van der Waals surface area (Å²) in [6.45, 7) is 0. The third-order valence-corrected chi connectivity index (χ3v) is 3.02. The van der Waals surface area contributed by atoms with E-state index in [1.807, 2.05) is 0 Å². The lowest BCUT2D eigenvalue weighted by Gasteiger charge is -1.94. The second-order valence-corrected chi connectivity index (χ2v) is 4.12. The van der Waals surface area contributed by atoms with E-state index >= 15 is 0 Å². The van der Waals surface area contributed by atoms with Crippen molar-refractivity contribution >= 4 is 43.2 Å². The molecule has 4 nitrogen and oxygen atoms in total. The molecule has 0 saturated heterocycles. The fourth-order valence-electron chi connectivity index (χ4n) is 1.01. The second-order valence-electron chi connectivity index (χ2n) is 2.38. The SMILES string of the molecule is O=[N+]([O-])c1cc2ncsc2cc1Br. The van der Waals surface area contributed by atoms with Crippen LogP contribution in [0, 0.1) is 10.1 Å². The van der Waals surface area contributed by atoms with Gasteiger partial charge in [0.2, 0.25) is 0 Å². The molecule has 66 valence electrons. The number of benzene rings is 1. The zero-order valence-corrected chi connectivity index (χ0v) is 8.63. The summed E-state index contributed by atoms with van der Waals surface area (Å²) in [5.41, 5.74) is 2.39. The standard InChI is InChI=1S/C7H3BrN2O2S/c8-4-1-7-5(9-3-13-7)2-6(4)10(11)12/h1-3H. The number of nitrogens with zero attached hydrogens (tertiary/aromatic N) is 2. The van der Waals surface area contributed by atoms with Gasteiger partial charge in [0.15, 0.2) is 0 Å². The van der Waals surface area contributed by atoms with E-state index < -0.39 is 4.92 Å². The summed E-state index contributed by atoms with van der Waals surface area (Å²) in [6, 6.07) is 3.18. The van der Waals surface area contributed by atoms with Crippen LogP contribution in [-0.2, 0) is 0 Å². The highest BCUT2D eigenvalue weighted by molar-refractivity contribution is 9.10. The minimum atomic E-state index is -0.428. The maximum Gasteiger partial charge on any atom is 0.285 e. The fourth-order valence-corrected chi connectivity index (χ4v) is 2.35. The maximum absolute atomic E-state index is 10.5. The molecule has 1 heterocycles. The predicted octanol–water partition coefficient (Wildman–Crippen LogP) is 2.97. The smallest absolute Gasteiger partial charge is 0.258 e. The van der Waals surface area contributed by atoms with Crippen LogP contribution in [0.1, 0.15) is 0 Å². The van der Waals surface area contributed by atoms with Crippen LogP contribution in [0.2, 0.25) is 0 Å². The summed E-state index contributed by atoms with van der Waals surface area (Å²) in [7, 11) is 0. The van der Waals surface area contributed by atoms with Gasteiger partial charge in [0.25, 0.3) is 5.69 Å². The zero-order valence-electron chi connectivity index (χ0n) is 6.23. The van der Waals surface area contributed by atoms with Crippen LogP contribution < -0.4 is 0 Å². The summed E-state index contributed by atoms with van der Waals surface area (Å²) >= 11 is 4.60. The quantitative estimate of drug-likeness (QED) is 0.584. The highest BCUT2D eigenvalue weighted by Gasteiger charge is 2.13. The Labute approximate surface area is 85.5 Å². The first kappa shape index (κ1) is 8.58. The van der Waals surface area contributed by atoms with Crippen molar-refractivity contribution in [3.8, 4) is 0 Å². The summed E-state index contributed by atoms with van der Waals surface area (Å²) in [5.74, 6) is 0. The van der Waals surface area contributed by atoms with E-state index in [1.165, 1.54) is 17.4 Å². The molecule has 0 amide bonds. The number of rotatable bonds is 1. The van der Waals surface area contributed by atoms with Crippen LogP contribution in [-0.4, -0.2) is 9.91 Å². The van der Waals surface area contributed by atoms with Crippen molar-refractivity contribution < 1.29 is 4.92 Å². The Morgan fingerprint density at radius 3 is 3.00 bits per heavy atom. The van der Waals surface area contributed by atoms with Crippen molar-refractivity contribution in [2.45, 2.75) is 0 Å². The van der Waals surface area contributed by atoms with E-state index in [1.54, 1.807) is 11.6 Å². The summed E-state index contributed by atoms with van der Waals surface area (Å²) in [5, 5.41) is 10.5. The van der Waals surface area contributed by atoms with E-state index in [0.29, 0.717) is 9.99 Å². The minimum Gasteiger partial charge on any atom is -0.258 e. The van der Waals surface area contributed by atoms with Crippen LogP contribution in [0.3, 0.4) is 0 Å². The Morgan fingerprint density at radius 1 is 1.54 bits per heavy atom. The molecule has 0 fully saturated rings. The fraction of sp³-hybridized carbons (Fsp3) is 0. The molecule has 0 N–H and O–H groups in total. The maximum atomic E-state index is 10.5. The number of fused-ring (bicyclic) bond motifs is 1.